The van der Waals surface area contributed by atoms with E-state index in [0.717, 1.165) is 18.4 Å². The highest BCUT2D eigenvalue weighted by Crippen LogP contribution is 2.18. The first-order valence-electron chi connectivity index (χ1n) is 6.10. The minimum atomic E-state index is -0.0707. The van der Waals surface area contributed by atoms with E-state index in [-0.39, 0.29) is 11.8 Å². The largest absolute Gasteiger partial charge is 0.330 e. The number of nitrogens with two attached hydrogens (primary N) is 1. The normalized spacial score (nSPS) is 11.7. The molecule has 4 heteroatoms. The van der Waals surface area contributed by atoms with E-state index in [9.17, 15) is 4.79 Å². The fraction of sp³-hybridized carbons (Fsp3) is 0.429. The Bertz CT molecular complexity index is 463. The summed E-state index contributed by atoms with van der Waals surface area (Å²) in [5.74, 6) is -0.0969. The van der Waals surface area contributed by atoms with Crippen molar-refractivity contribution in [3.63, 3.8) is 0 Å². The molecule has 96 valence electrons. The molecule has 4 nitrogen and oxygen atoms in total. The molecular weight excluding hydrogens is 226 g/mol. The predicted octanol–water partition coefficient (Wildman–Crippen LogP) is 2.18. The summed E-state index contributed by atoms with van der Waals surface area (Å²) < 4.78 is 0. The van der Waals surface area contributed by atoms with Gasteiger partial charge >= 0.3 is 0 Å². The molecule has 0 saturated carbocycles. The molecule has 0 fully saturated rings. The van der Waals surface area contributed by atoms with E-state index >= 15 is 0 Å². The van der Waals surface area contributed by atoms with Crippen LogP contribution in [0.25, 0.3) is 0 Å². The second kappa shape index (κ2) is 6.77. The number of nitrogens with zero attached hydrogens (tertiary/aromatic N) is 1. The van der Waals surface area contributed by atoms with Crippen LogP contribution in [-0.4, -0.2) is 12.5 Å². The fourth-order valence-corrected chi connectivity index (χ4v) is 1.64. The summed E-state index contributed by atoms with van der Waals surface area (Å²) in [4.78, 5) is 11.9. The Morgan fingerprint density at radius 1 is 1.56 bits per heavy atom. The number of nitrogens with one attached hydrogen (secondary N) is 1. The van der Waals surface area contributed by atoms with E-state index in [1.165, 1.54) is 0 Å². The summed E-state index contributed by atoms with van der Waals surface area (Å²) in [6.07, 6.45) is 1.62. The zero-order valence-corrected chi connectivity index (χ0v) is 10.9. The summed E-state index contributed by atoms with van der Waals surface area (Å²) in [5, 5.41) is 11.7. The molecule has 0 aliphatic carbocycles. The SMILES string of the molecule is Cc1ccc(C#N)cc1NC(=O)C(C)CCCN. The molecule has 18 heavy (non-hydrogen) atoms. The Labute approximate surface area is 108 Å². The maximum Gasteiger partial charge on any atom is 0.227 e. The monoisotopic (exact) mass is 245 g/mol. The molecule has 0 spiro atoms. The van der Waals surface area contributed by atoms with Crippen molar-refractivity contribution in [2.75, 3.05) is 11.9 Å². The highest BCUT2D eigenvalue weighted by atomic mass is 16.1. The average Bonchev–Trinajstić information content (AvgIpc) is 2.38. The van der Waals surface area contributed by atoms with Crippen molar-refractivity contribution in [1.29, 1.82) is 5.26 Å². The minimum Gasteiger partial charge on any atom is -0.330 e. The number of hydrogen-bond donors (Lipinski definition) is 2. The zero-order valence-electron chi connectivity index (χ0n) is 10.9. The first-order valence-corrected chi connectivity index (χ1v) is 6.10. The van der Waals surface area contributed by atoms with Crippen molar-refractivity contribution in [2.24, 2.45) is 11.7 Å². The minimum absolute atomic E-state index is 0.0263. The number of anilines is 1. The van der Waals surface area contributed by atoms with Crippen LogP contribution in [0.5, 0.6) is 0 Å². The van der Waals surface area contributed by atoms with Gasteiger partial charge in [-0.25, -0.2) is 0 Å². The lowest BCUT2D eigenvalue weighted by molar-refractivity contribution is -0.119. The van der Waals surface area contributed by atoms with Gasteiger partial charge in [0.1, 0.15) is 0 Å². The molecule has 0 heterocycles. The van der Waals surface area contributed by atoms with Crippen molar-refractivity contribution < 1.29 is 4.79 Å². The number of carbonyl (C=O) groups is 1. The van der Waals surface area contributed by atoms with Crippen LogP contribution >= 0.6 is 0 Å². The van der Waals surface area contributed by atoms with Gasteiger partial charge in [-0.15, -0.1) is 0 Å². The van der Waals surface area contributed by atoms with Crippen molar-refractivity contribution in [3.8, 4) is 6.07 Å². The van der Waals surface area contributed by atoms with Crippen LogP contribution in [0.2, 0.25) is 0 Å². The predicted molar refractivity (Wildman–Crippen MR) is 72.0 cm³/mol. The van der Waals surface area contributed by atoms with E-state index < -0.39 is 0 Å². The standard InChI is InChI=1S/C14H19N3O/c1-10-5-6-12(9-16)8-13(10)17-14(18)11(2)4-3-7-15/h5-6,8,11H,3-4,7,15H2,1-2H3,(H,17,18). The van der Waals surface area contributed by atoms with Crippen molar-refractivity contribution in [3.05, 3.63) is 29.3 Å². The third kappa shape index (κ3) is 3.86. The van der Waals surface area contributed by atoms with E-state index in [2.05, 4.69) is 11.4 Å². The zero-order chi connectivity index (χ0) is 13.5. The fourth-order valence-electron chi connectivity index (χ4n) is 1.64. The van der Waals surface area contributed by atoms with Crippen LogP contribution in [0.1, 0.15) is 30.9 Å². The summed E-state index contributed by atoms with van der Waals surface area (Å²) in [6.45, 7) is 4.39. The van der Waals surface area contributed by atoms with E-state index in [0.29, 0.717) is 17.8 Å². The summed E-state index contributed by atoms with van der Waals surface area (Å²) >= 11 is 0. The van der Waals surface area contributed by atoms with Crippen molar-refractivity contribution in [1.82, 2.24) is 0 Å². The van der Waals surface area contributed by atoms with Crippen LogP contribution in [-0.2, 0) is 4.79 Å². The number of rotatable bonds is 5. The van der Waals surface area contributed by atoms with Gasteiger partial charge in [0.25, 0.3) is 0 Å². The first kappa shape index (κ1) is 14.2. The molecule has 3 N–H and O–H groups in total. The highest BCUT2D eigenvalue weighted by Gasteiger charge is 2.13. The molecule has 0 aliphatic rings. The second-order valence-corrected chi connectivity index (χ2v) is 4.46. The van der Waals surface area contributed by atoms with Gasteiger partial charge in [-0.1, -0.05) is 13.0 Å². The average molecular weight is 245 g/mol. The third-order valence-electron chi connectivity index (χ3n) is 2.91. The van der Waals surface area contributed by atoms with Crippen LogP contribution in [0.15, 0.2) is 18.2 Å². The molecular formula is C14H19N3O. The Morgan fingerprint density at radius 3 is 2.89 bits per heavy atom. The lowest BCUT2D eigenvalue weighted by atomic mass is 10.0. The van der Waals surface area contributed by atoms with E-state index in [4.69, 9.17) is 11.0 Å². The van der Waals surface area contributed by atoms with Gasteiger partial charge in [0.2, 0.25) is 5.91 Å². The molecule has 1 aromatic carbocycles. The van der Waals surface area contributed by atoms with Crippen molar-refractivity contribution in [2.45, 2.75) is 26.7 Å². The number of benzene rings is 1. The van der Waals surface area contributed by atoms with E-state index in [1.54, 1.807) is 12.1 Å². The van der Waals surface area contributed by atoms with Crippen LogP contribution in [0.4, 0.5) is 5.69 Å². The quantitative estimate of drug-likeness (QED) is 0.834. The van der Waals surface area contributed by atoms with Gasteiger partial charge in [0.15, 0.2) is 0 Å². The first-order chi connectivity index (χ1) is 8.58. The van der Waals surface area contributed by atoms with Crippen LogP contribution in [0, 0.1) is 24.2 Å². The Kier molecular flexibility index (Phi) is 5.34. The topological polar surface area (TPSA) is 78.9 Å². The summed E-state index contributed by atoms with van der Waals surface area (Å²) in [7, 11) is 0. The molecule has 1 aromatic rings. The Morgan fingerprint density at radius 2 is 2.28 bits per heavy atom. The number of hydrogen-bond acceptors (Lipinski definition) is 3. The lowest BCUT2D eigenvalue weighted by Crippen LogP contribution is -2.21. The number of aryl methyl sites for hydroxylation is 1. The number of amides is 1. The maximum absolute atomic E-state index is 11.9. The number of carbonyl (C=O) groups excluding carboxylic acids is 1. The molecule has 1 amide bonds. The molecule has 0 bridgehead atoms. The second-order valence-electron chi connectivity index (χ2n) is 4.46. The van der Waals surface area contributed by atoms with Gasteiger partial charge in [0, 0.05) is 11.6 Å². The van der Waals surface area contributed by atoms with Crippen LogP contribution in [0.3, 0.4) is 0 Å². The maximum atomic E-state index is 11.9. The van der Waals surface area contributed by atoms with Crippen molar-refractivity contribution >= 4 is 11.6 Å². The van der Waals surface area contributed by atoms with E-state index in [1.807, 2.05) is 19.9 Å². The molecule has 0 radical (unpaired) electrons. The molecule has 1 atom stereocenters. The Balaban J connectivity index is 2.72. The van der Waals surface area contributed by atoms with Gasteiger partial charge < -0.3 is 11.1 Å². The third-order valence-corrected chi connectivity index (χ3v) is 2.91. The van der Waals surface area contributed by atoms with Gasteiger partial charge in [0.05, 0.1) is 11.6 Å². The molecule has 0 aromatic heterocycles. The highest BCUT2D eigenvalue weighted by molar-refractivity contribution is 5.93. The van der Waals surface area contributed by atoms with Gasteiger partial charge in [-0.05, 0) is 44.0 Å². The summed E-state index contributed by atoms with van der Waals surface area (Å²) in [5.41, 5.74) is 7.63. The number of nitriles is 1. The molecule has 1 unspecified atom stereocenters. The molecule has 1 rings (SSSR count). The smallest absolute Gasteiger partial charge is 0.227 e. The molecule has 0 saturated heterocycles. The lowest BCUT2D eigenvalue weighted by Gasteiger charge is -2.13. The van der Waals surface area contributed by atoms with Gasteiger partial charge in [-0.3, -0.25) is 4.79 Å². The van der Waals surface area contributed by atoms with Gasteiger partial charge in [-0.2, -0.15) is 5.26 Å². The summed E-state index contributed by atoms with van der Waals surface area (Å²) in [6, 6.07) is 7.33. The molecule has 0 aliphatic heterocycles. The van der Waals surface area contributed by atoms with Crippen LogP contribution < -0.4 is 11.1 Å². The Hall–Kier alpha value is -1.86.